The third kappa shape index (κ3) is 3.37. The topological polar surface area (TPSA) is 101 Å². The minimum absolute atomic E-state index is 0.0766. The van der Waals surface area contributed by atoms with E-state index in [0.717, 1.165) is 0 Å². The lowest BCUT2D eigenvalue weighted by atomic mass is 9.83. The number of nitro benzene ring substituents is 1. The third-order valence-electron chi connectivity index (χ3n) is 4.52. The summed E-state index contributed by atoms with van der Waals surface area (Å²) in [5.74, 6) is -0.493. The molecule has 0 atom stereocenters. The highest BCUT2D eigenvalue weighted by atomic mass is 32.1. The maximum Gasteiger partial charge on any atom is 0.271 e. The molecule has 0 bridgehead atoms. The van der Waals surface area contributed by atoms with E-state index < -0.39 is 4.92 Å². The van der Waals surface area contributed by atoms with Crippen molar-refractivity contribution in [3.8, 4) is 0 Å². The van der Waals surface area contributed by atoms with Crippen molar-refractivity contribution in [3.63, 3.8) is 0 Å². The lowest BCUT2D eigenvalue weighted by molar-refractivity contribution is -0.384. The van der Waals surface area contributed by atoms with Gasteiger partial charge in [-0.05, 0) is 24.4 Å². The largest absolute Gasteiger partial charge is 0.332 e. The van der Waals surface area contributed by atoms with Gasteiger partial charge >= 0.3 is 0 Å². The van der Waals surface area contributed by atoms with Crippen molar-refractivity contribution in [1.82, 2.24) is 0 Å². The van der Waals surface area contributed by atoms with Crippen molar-refractivity contribution < 1.29 is 14.5 Å². The normalized spacial score (nSPS) is 12.0. The van der Waals surface area contributed by atoms with Gasteiger partial charge in [-0.3, -0.25) is 19.7 Å². The third-order valence-corrected chi connectivity index (χ3v) is 4.72. The van der Waals surface area contributed by atoms with Crippen molar-refractivity contribution in [2.24, 2.45) is 0 Å². The van der Waals surface area contributed by atoms with Gasteiger partial charge in [0.1, 0.15) is 0 Å². The molecular weight excluding hydrogens is 390 g/mol. The number of ketones is 2. The molecule has 29 heavy (non-hydrogen) atoms. The molecule has 0 unspecified atom stereocenters. The van der Waals surface area contributed by atoms with E-state index in [1.807, 2.05) is 0 Å². The first-order valence-corrected chi connectivity index (χ1v) is 9.00. The van der Waals surface area contributed by atoms with Gasteiger partial charge in [0, 0.05) is 34.5 Å². The first-order chi connectivity index (χ1) is 14.0. The smallest absolute Gasteiger partial charge is 0.271 e. The molecule has 0 heterocycles. The monoisotopic (exact) mass is 403 g/mol. The molecule has 0 radical (unpaired) electrons. The first kappa shape index (κ1) is 18.5. The van der Waals surface area contributed by atoms with E-state index in [0.29, 0.717) is 28.1 Å². The Morgan fingerprint density at radius 3 is 2.21 bits per heavy atom. The molecular formula is C21H13N3O4S. The van der Waals surface area contributed by atoms with E-state index in [2.05, 4.69) is 10.6 Å². The predicted molar refractivity (Wildman–Crippen MR) is 113 cm³/mol. The second-order valence-electron chi connectivity index (χ2n) is 6.32. The summed E-state index contributed by atoms with van der Waals surface area (Å²) >= 11 is 5.29. The number of nitrogens with zero attached hydrogens (tertiary/aromatic N) is 1. The zero-order valence-electron chi connectivity index (χ0n) is 14.8. The predicted octanol–water partition coefficient (Wildman–Crippen LogP) is 4.18. The maximum atomic E-state index is 13.0. The Morgan fingerprint density at radius 1 is 0.828 bits per heavy atom. The Balaban J connectivity index is 1.63. The van der Waals surface area contributed by atoms with E-state index in [9.17, 15) is 19.7 Å². The fourth-order valence-electron chi connectivity index (χ4n) is 3.23. The number of fused-ring (bicyclic) bond motifs is 2. The fourth-order valence-corrected chi connectivity index (χ4v) is 3.46. The number of benzene rings is 3. The van der Waals surface area contributed by atoms with Gasteiger partial charge in [-0.2, -0.15) is 0 Å². The van der Waals surface area contributed by atoms with Crippen LogP contribution in [0.2, 0.25) is 0 Å². The van der Waals surface area contributed by atoms with Crippen LogP contribution in [0.5, 0.6) is 0 Å². The van der Waals surface area contributed by atoms with Gasteiger partial charge in [0.2, 0.25) is 0 Å². The van der Waals surface area contributed by atoms with Crippen LogP contribution in [0.15, 0.2) is 66.7 Å². The Morgan fingerprint density at radius 2 is 1.48 bits per heavy atom. The lowest BCUT2D eigenvalue weighted by Gasteiger charge is -2.21. The Bertz CT molecular complexity index is 1210. The highest BCUT2D eigenvalue weighted by Gasteiger charge is 2.31. The van der Waals surface area contributed by atoms with Crippen molar-refractivity contribution in [2.45, 2.75) is 0 Å². The van der Waals surface area contributed by atoms with Crippen LogP contribution in [0.25, 0.3) is 0 Å². The van der Waals surface area contributed by atoms with Crippen molar-refractivity contribution >= 4 is 46.0 Å². The molecule has 2 N–H and O–H groups in total. The summed E-state index contributed by atoms with van der Waals surface area (Å²) in [4.78, 5) is 36.2. The van der Waals surface area contributed by atoms with Crippen LogP contribution in [-0.4, -0.2) is 21.6 Å². The van der Waals surface area contributed by atoms with Gasteiger partial charge in [0.15, 0.2) is 16.7 Å². The molecule has 3 aromatic rings. The summed E-state index contributed by atoms with van der Waals surface area (Å²) < 4.78 is 0. The second-order valence-corrected chi connectivity index (χ2v) is 6.73. The average molecular weight is 403 g/mol. The quantitative estimate of drug-likeness (QED) is 0.301. The van der Waals surface area contributed by atoms with Crippen LogP contribution in [0.1, 0.15) is 31.8 Å². The van der Waals surface area contributed by atoms with Crippen LogP contribution in [0.3, 0.4) is 0 Å². The molecule has 142 valence electrons. The number of thiocarbonyl (C=S) groups is 1. The molecule has 3 aromatic carbocycles. The number of nitrogens with one attached hydrogen (secondary N) is 2. The van der Waals surface area contributed by atoms with Crippen LogP contribution in [0.4, 0.5) is 17.1 Å². The van der Waals surface area contributed by atoms with Gasteiger partial charge in [0.25, 0.3) is 5.69 Å². The number of nitro groups is 1. The van der Waals surface area contributed by atoms with E-state index in [1.54, 1.807) is 48.5 Å². The Kier molecular flexibility index (Phi) is 4.61. The van der Waals surface area contributed by atoms with E-state index >= 15 is 0 Å². The van der Waals surface area contributed by atoms with Crippen molar-refractivity contribution in [3.05, 3.63) is 99.1 Å². The Hall–Kier alpha value is -3.91. The van der Waals surface area contributed by atoms with Gasteiger partial charge in [0.05, 0.1) is 16.2 Å². The van der Waals surface area contributed by atoms with Gasteiger partial charge in [-0.1, -0.05) is 42.5 Å². The number of hydrogen-bond donors (Lipinski definition) is 2. The summed E-state index contributed by atoms with van der Waals surface area (Å²) in [5.41, 5.74) is 2.01. The maximum absolute atomic E-state index is 13.0. The lowest BCUT2D eigenvalue weighted by Crippen LogP contribution is -2.25. The molecule has 8 heteroatoms. The SMILES string of the molecule is O=C1c2ccccc2C(=O)c2c(NC(=S)Nc3cccc([N+](=O)[O-])c3)cccc21. The molecule has 7 nitrogen and oxygen atoms in total. The summed E-state index contributed by atoms with van der Waals surface area (Å²) in [5, 5.41) is 16.8. The second kappa shape index (κ2) is 7.25. The Labute approximate surface area is 170 Å². The highest BCUT2D eigenvalue weighted by molar-refractivity contribution is 7.80. The van der Waals surface area contributed by atoms with Crippen LogP contribution in [-0.2, 0) is 0 Å². The van der Waals surface area contributed by atoms with Crippen LogP contribution >= 0.6 is 12.2 Å². The average Bonchev–Trinajstić information content (AvgIpc) is 2.72. The first-order valence-electron chi connectivity index (χ1n) is 8.59. The van der Waals surface area contributed by atoms with E-state index in [4.69, 9.17) is 12.2 Å². The molecule has 1 aliphatic carbocycles. The molecule has 1 aliphatic rings. The molecule has 0 aromatic heterocycles. The molecule has 0 spiro atoms. The molecule has 0 amide bonds. The summed E-state index contributed by atoms with van der Waals surface area (Å²) in [7, 11) is 0. The minimum Gasteiger partial charge on any atom is -0.332 e. The minimum atomic E-state index is -0.503. The number of non-ortho nitro benzene ring substituents is 1. The van der Waals surface area contributed by atoms with E-state index in [1.165, 1.54) is 18.2 Å². The standard InChI is InChI=1S/C21H13N3O4S/c25-19-14-7-1-2-8-15(14)20(26)18-16(19)9-4-10-17(18)23-21(29)22-12-5-3-6-13(11-12)24(27)28/h1-11H,(H2,22,23,29). The fraction of sp³-hybridized carbons (Fsp3) is 0. The highest BCUT2D eigenvalue weighted by Crippen LogP contribution is 2.32. The zero-order valence-corrected chi connectivity index (χ0v) is 15.7. The van der Waals surface area contributed by atoms with Crippen molar-refractivity contribution in [2.75, 3.05) is 10.6 Å². The summed E-state index contributed by atoms with van der Waals surface area (Å²) in [6.07, 6.45) is 0. The van der Waals surface area contributed by atoms with Crippen molar-refractivity contribution in [1.29, 1.82) is 0 Å². The number of hydrogen-bond acceptors (Lipinski definition) is 5. The molecule has 0 fully saturated rings. The van der Waals surface area contributed by atoms with Gasteiger partial charge < -0.3 is 10.6 Å². The summed E-state index contributed by atoms with van der Waals surface area (Å²) in [6, 6.07) is 17.5. The van der Waals surface area contributed by atoms with Gasteiger partial charge in [-0.15, -0.1) is 0 Å². The summed E-state index contributed by atoms with van der Waals surface area (Å²) in [6.45, 7) is 0. The molecule has 0 saturated carbocycles. The molecule has 0 saturated heterocycles. The number of carbonyl (C=O) groups excluding carboxylic acids is 2. The molecule has 4 rings (SSSR count). The van der Waals surface area contributed by atoms with Gasteiger partial charge in [-0.25, -0.2) is 0 Å². The van der Waals surface area contributed by atoms with E-state index in [-0.39, 0.29) is 27.9 Å². The zero-order chi connectivity index (χ0) is 20.5. The van der Waals surface area contributed by atoms with Crippen LogP contribution < -0.4 is 10.6 Å². The number of rotatable bonds is 3. The molecule has 0 aliphatic heterocycles. The van der Waals surface area contributed by atoms with Crippen LogP contribution in [0, 0.1) is 10.1 Å². The number of carbonyl (C=O) groups is 2. The number of anilines is 2.